The van der Waals surface area contributed by atoms with Crippen LogP contribution in [0.2, 0.25) is 0 Å². The number of ether oxygens (including phenoxy) is 1. The number of benzene rings is 1. The SMILES string of the molecule is CCNC(=NCc1ccnc(Oc2ccc(F)cc2)c1)NCCc1ncc(CC)s1. The molecule has 0 saturated heterocycles. The predicted molar refractivity (Wildman–Crippen MR) is 119 cm³/mol. The van der Waals surface area contributed by atoms with Crippen LogP contribution in [-0.2, 0) is 19.4 Å². The maximum absolute atomic E-state index is 13.0. The maximum Gasteiger partial charge on any atom is 0.219 e. The number of hydrogen-bond donors (Lipinski definition) is 2. The minimum absolute atomic E-state index is 0.303. The lowest BCUT2D eigenvalue weighted by molar-refractivity contribution is 0.460. The Bertz CT molecular complexity index is 958. The first-order valence-electron chi connectivity index (χ1n) is 10.0. The van der Waals surface area contributed by atoms with Gasteiger partial charge in [0.25, 0.3) is 0 Å². The van der Waals surface area contributed by atoms with Gasteiger partial charge in [-0.15, -0.1) is 11.3 Å². The minimum Gasteiger partial charge on any atom is -0.439 e. The molecule has 0 unspecified atom stereocenters. The van der Waals surface area contributed by atoms with Gasteiger partial charge in [0, 0.05) is 42.8 Å². The normalized spacial score (nSPS) is 11.4. The summed E-state index contributed by atoms with van der Waals surface area (Å²) in [5.41, 5.74) is 0.965. The number of nitrogens with zero attached hydrogens (tertiary/aromatic N) is 3. The fraction of sp³-hybridized carbons (Fsp3) is 0.318. The van der Waals surface area contributed by atoms with Crippen LogP contribution >= 0.6 is 11.3 Å². The highest BCUT2D eigenvalue weighted by Crippen LogP contribution is 2.20. The molecule has 0 atom stereocenters. The van der Waals surface area contributed by atoms with E-state index in [1.165, 1.54) is 17.0 Å². The van der Waals surface area contributed by atoms with Gasteiger partial charge in [-0.25, -0.2) is 19.4 Å². The van der Waals surface area contributed by atoms with E-state index in [2.05, 4.69) is 32.5 Å². The molecule has 0 amide bonds. The molecule has 2 heterocycles. The number of guanidine groups is 1. The Kier molecular flexibility index (Phi) is 8.14. The number of nitrogens with one attached hydrogen (secondary N) is 2. The zero-order valence-electron chi connectivity index (χ0n) is 17.2. The third-order valence-corrected chi connectivity index (χ3v) is 5.38. The van der Waals surface area contributed by atoms with Crippen molar-refractivity contribution in [1.29, 1.82) is 0 Å². The van der Waals surface area contributed by atoms with E-state index in [0.717, 1.165) is 42.5 Å². The molecule has 0 fully saturated rings. The highest BCUT2D eigenvalue weighted by Gasteiger charge is 2.04. The van der Waals surface area contributed by atoms with Gasteiger partial charge < -0.3 is 15.4 Å². The molecule has 30 heavy (non-hydrogen) atoms. The number of aromatic nitrogens is 2. The Morgan fingerprint density at radius 1 is 1.13 bits per heavy atom. The summed E-state index contributed by atoms with van der Waals surface area (Å²) in [6.45, 7) is 6.19. The molecule has 0 spiro atoms. The first-order valence-corrected chi connectivity index (χ1v) is 10.8. The van der Waals surface area contributed by atoms with E-state index < -0.39 is 0 Å². The largest absolute Gasteiger partial charge is 0.439 e. The molecule has 3 rings (SSSR count). The summed E-state index contributed by atoms with van der Waals surface area (Å²) in [4.78, 5) is 14.6. The zero-order valence-corrected chi connectivity index (χ0v) is 18.0. The van der Waals surface area contributed by atoms with Crippen LogP contribution in [0.5, 0.6) is 11.6 Å². The zero-order chi connectivity index (χ0) is 21.2. The van der Waals surface area contributed by atoms with Crippen LogP contribution in [0.3, 0.4) is 0 Å². The lowest BCUT2D eigenvalue weighted by atomic mass is 10.2. The van der Waals surface area contributed by atoms with Crippen LogP contribution < -0.4 is 15.4 Å². The van der Waals surface area contributed by atoms with E-state index in [-0.39, 0.29) is 5.82 Å². The average Bonchev–Trinajstić information content (AvgIpc) is 3.22. The van der Waals surface area contributed by atoms with Gasteiger partial charge in [-0.2, -0.15) is 0 Å². The highest BCUT2D eigenvalue weighted by atomic mass is 32.1. The van der Waals surface area contributed by atoms with Crippen LogP contribution in [0.1, 0.15) is 29.3 Å². The van der Waals surface area contributed by atoms with E-state index in [4.69, 9.17) is 4.74 Å². The summed E-state index contributed by atoms with van der Waals surface area (Å²) < 4.78 is 18.7. The lowest BCUT2D eigenvalue weighted by Crippen LogP contribution is -2.38. The highest BCUT2D eigenvalue weighted by molar-refractivity contribution is 7.11. The average molecular weight is 428 g/mol. The van der Waals surface area contributed by atoms with Crippen molar-refractivity contribution in [1.82, 2.24) is 20.6 Å². The summed E-state index contributed by atoms with van der Waals surface area (Å²) in [7, 11) is 0. The number of pyridine rings is 1. The summed E-state index contributed by atoms with van der Waals surface area (Å²) in [6.07, 6.45) is 5.51. The quantitative estimate of drug-likeness (QED) is 0.393. The van der Waals surface area contributed by atoms with Gasteiger partial charge in [-0.05, 0) is 49.2 Å². The van der Waals surface area contributed by atoms with E-state index in [9.17, 15) is 4.39 Å². The molecule has 0 aliphatic carbocycles. The molecule has 0 saturated carbocycles. The summed E-state index contributed by atoms with van der Waals surface area (Å²) in [5, 5.41) is 7.74. The number of rotatable bonds is 9. The van der Waals surface area contributed by atoms with E-state index in [1.807, 2.05) is 25.3 Å². The lowest BCUT2D eigenvalue weighted by Gasteiger charge is -2.11. The van der Waals surface area contributed by atoms with E-state index in [0.29, 0.717) is 18.2 Å². The van der Waals surface area contributed by atoms with Gasteiger partial charge in [0.2, 0.25) is 5.88 Å². The molecule has 8 heteroatoms. The Balaban J connectivity index is 1.56. The van der Waals surface area contributed by atoms with Crippen molar-refractivity contribution in [3.63, 3.8) is 0 Å². The van der Waals surface area contributed by atoms with Crippen LogP contribution in [0, 0.1) is 5.82 Å². The first-order chi connectivity index (χ1) is 14.7. The van der Waals surface area contributed by atoms with Gasteiger partial charge in [0.05, 0.1) is 11.6 Å². The molecule has 0 radical (unpaired) electrons. The smallest absolute Gasteiger partial charge is 0.219 e. The standard InChI is InChI=1S/C22H26FN5OS/c1-3-19-15-27-21(30-19)10-12-26-22(24-4-2)28-14-16-9-11-25-20(13-16)29-18-7-5-17(23)6-8-18/h5-9,11,13,15H,3-4,10,12,14H2,1-2H3,(H2,24,26,28). The number of aliphatic imine (C=N–C) groups is 1. The van der Waals surface area contributed by atoms with Gasteiger partial charge in [0.1, 0.15) is 11.6 Å². The van der Waals surface area contributed by atoms with Gasteiger partial charge in [0.15, 0.2) is 5.96 Å². The summed E-state index contributed by atoms with van der Waals surface area (Å²) >= 11 is 1.76. The molecule has 0 aliphatic rings. The van der Waals surface area contributed by atoms with E-state index >= 15 is 0 Å². The van der Waals surface area contributed by atoms with Crippen LogP contribution in [-0.4, -0.2) is 29.0 Å². The number of thiazole rings is 1. The third kappa shape index (κ3) is 6.81. The number of aryl methyl sites for hydroxylation is 1. The fourth-order valence-corrected chi connectivity index (χ4v) is 3.52. The second kappa shape index (κ2) is 11.3. The molecule has 2 N–H and O–H groups in total. The van der Waals surface area contributed by atoms with Crippen molar-refractivity contribution in [2.45, 2.75) is 33.2 Å². The third-order valence-electron chi connectivity index (χ3n) is 4.18. The van der Waals surface area contributed by atoms with Crippen molar-refractivity contribution in [3.05, 3.63) is 70.1 Å². The van der Waals surface area contributed by atoms with Crippen molar-refractivity contribution >= 4 is 17.3 Å². The Hall–Kier alpha value is -3.00. The van der Waals surface area contributed by atoms with Crippen molar-refractivity contribution < 1.29 is 9.13 Å². The summed E-state index contributed by atoms with van der Waals surface area (Å²) in [6, 6.07) is 9.58. The molecule has 1 aromatic carbocycles. The maximum atomic E-state index is 13.0. The Morgan fingerprint density at radius 3 is 2.70 bits per heavy atom. The van der Waals surface area contributed by atoms with Crippen molar-refractivity contribution in [3.8, 4) is 11.6 Å². The number of hydrogen-bond acceptors (Lipinski definition) is 5. The predicted octanol–water partition coefficient (Wildman–Crippen LogP) is 4.33. The van der Waals surface area contributed by atoms with Gasteiger partial charge in [-0.1, -0.05) is 6.92 Å². The summed E-state index contributed by atoms with van der Waals surface area (Å²) in [5.74, 6) is 1.43. The first kappa shape index (κ1) is 21.7. The Morgan fingerprint density at radius 2 is 1.97 bits per heavy atom. The van der Waals surface area contributed by atoms with Crippen molar-refractivity contribution in [2.24, 2.45) is 4.99 Å². The van der Waals surface area contributed by atoms with E-state index in [1.54, 1.807) is 29.7 Å². The van der Waals surface area contributed by atoms with Gasteiger partial charge in [-0.3, -0.25) is 0 Å². The molecular weight excluding hydrogens is 401 g/mol. The number of halogens is 1. The van der Waals surface area contributed by atoms with Crippen LogP contribution in [0.25, 0.3) is 0 Å². The monoisotopic (exact) mass is 427 g/mol. The Labute approximate surface area is 180 Å². The molecule has 2 aromatic heterocycles. The topological polar surface area (TPSA) is 71.4 Å². The minimum atomic E-state index is -0.303. The molecule has 0 aliphatic heterocycles. The van der Waals surface area contributed by atoms with Crippen molar-refractivity contribution in [2.75, 3.05) is 13.1 Å². The van der Waals surface area contributed by atoms with Crippen LogP contribution in [0.4, 0.5) is 4.39 Å². The molecule has 158 valence electrons. The molecule has 6 nitrogen and oxygen atoms in total. The second-order valence-electron chi connectivity index (χ2n) is 6.50. The fourth-order valence-electron chi connectivity index (χ4n) is 2.65. The van der Waals surface area contributed by atoms with Gasteiger partial charge >= 0.3 is 0 Å². The molecule has 3 aromatic rings. The van der Waals surface area contributed by atoms with Crippen LogP contribution in [0.15, 0.2) is 53.8 Å². The second-order valence-corrected chi connectivity index (χ2v) is 7.70. The molecular formula is C22H26FN5OS. The molecule has 0 bridgehead atoms.